The summed E-state index contributed by atoms with van der Waals surface area (Å²) in [7, 11) is 0. The molecule has 0 saturated carbocycles. The van der Waals surface area contributed by atoms with Crippen molar-refractivity contribution >= 4 is 11.0 Å². The number of alkyl halides is 3. The van der Waals surface area contributed by atoms with Crippen molar-refractivity contribution in [2.24, 2.45) is 0 Å². The van der Waals surface area contributed by atoms with Crippen molar-refractivity contribution < 1.29 is 18.3 Å². The van der Waals surface area contributed by atoms with Gasteiger partial charge in [0.15, 0.2) is 0 Å². The summed E-state index contributed by atoms with van der Waals surface area (Å²) in [6, 6.07) is 7.77. The summed E-state index contributed by atoms with van der Waals surface area (Å²) in [6.45, 7) is 3.75. The Morgan fingerprint density at radius 3 is 2.33 bits per heavy atom. The summed E-state index contributed by atoms with van der Waals surface area (Å²) >= 11 is 0. The lowest BCUT2D eigenvalue weighted by atomic mass is 10.1. The van der Waals surface area contributed by atoms with Gasteiger partial charge in [0.2, 0.25) is 0 Å². The van der Waals surface area contributed by atoms with Crippen LogP contribution in [-0.4, -0.2) is 25.2 Å². The number of nitrogens with zero attached hydrogens (tertiary/aromatic N) is 3. The summed E-state index contributed by atoms with van der Waals surface area (Å²) < 4.78 is 39.6. The first kappa shape index (κ1) is 16.4. The third kappa shape index (κ3) is 3.41. The lowest BCUT2D eigenvalue weighted by molar-refractivity contribution is -0.141. The highest BCUT2D eigenvalue weighted by Crippen LogP contribution is 2.30. The fourth-order valence-electron chi connectivity index (χ4n) is 2.51. The van der Waals surface area contributed by atoms with Gasteiger partial charge in [0, 0.05) is 11.8 Å². The van der Waals surface area contributed by atoms with E-state index in [4.69, 9.17) is 0 Å². The highest BCUT2D eigenvalue weighted by Gasteiger charge is 2.32. The number of halogens is 3. The van der Waals surface area contributed by atoms with Crippen LogP contribution in [0.5, 0.6) is 0 Å². The molecule has 4 nitrogen and oxygen atoms in total. The van der Waals surface area contributed by atoms with E-state index in [9.17, 15) is 18.3 Å². The topological polar surface area (TPSA) is 50.9 Å². The van der Waals surface area contributed by atoms with E-state index in [1.807, 2.05) is 10.6 Å². The van der Waals surface area contributed by atoms with Gasteiger partial charge >= 0.3 is 6.18 Å². The van der Waals surface area contributed by atoms with E-state index in [1.54, 1.807) is 32.3 Å². The van der Waals surface area contributed by atoms with Crippen LogP contribution in [0.15, 0.2) is 42.9 Å². The number of benzene rings is 1. The standard InChI is InChI=1S/C17H16F3N3O/c1-16(2,24)9-23-10-22-13-5-3-11(7-14(13)23)12-4-6-15(21-8-12)17(18,19)20/h3-8,10,24H,9H2,1-2H3. The average Bonchev–Trinajstić information content (AvgIpc) is 2.87. The molecule has 2 aromatic heterocycles. The van der Waals surface area contributed by atoms with Crippen LogP contribution in [0.3, 0.4) is 0 Å². The molecule has 0 bridgehead atoms. The Labute approximate surface area is 136 Å². The van der Waals surface area contributed by atoms with E-state index in [1.165, 1.54) is 12.3 Å². The number of imidazole rings is 1. The molecule has 0 amide bonds. The van der Waals surface area contributed by atoms with E-state index >= 15 is 0 Å². The van der Waals surface area contributed by atoms with Crippen molar-refractivity contribution in [3.8, 4) is 11.1 Å². The molecule has 0 spiro atoms. The van der Waals surface area contributed by atoms with Gasteiger partial charge in [-0.15, -0.1) is 0 Å². The molecule has 0 radical (unpaired) electrons. The number of hydrogen-bond acceptors (Lipinski definition) is 3. The van der Waals surface area contributed by atoms with Crippen molar-refractivity contribution in [1.82, 2.24) is 14.5 Å². The smallest absolute Gasteiger partial charge is 0.389 e. The molecule has 2 heterocycles. The summed E-state index contributed by atoms with van der Waals surface area (Å²) in [5.74, 6) is 0. The molecule has 1 N–H and O–H groups in total. The Hall–Kier alpha value is -2.41. The van der Waals surface area contributed by atoms with Crippen LogP contribution in [0.2, 0.25) is 0 Å². The van der Waals surface area contributed by atoms with Crippen molar-refractivity contribution in [3.63, 3.8) is 0 Å². The number of hydrogen-bond donors (Lipinski definition) is 1. The number of pyridine rings is 1. The highest BCUT2D eigenvalue weighted by atomic mass is 19.4. The van der Waals surface area contributed by atoms with E-state index in [-0.39, 0.29) is 0 Å². The SMILES string of the molecule is CC(C)(O)Cn1cnc2ccc(-c3ccc(C(F)(F)F)nc3)cc21. The summed E-state index contributed by atoms with van der Waals surface area (Å²) in [5.41, 5.74) is 1.05. The molecule has 126 valence electrons. The van der Waals surface area contributed by atoms with Gasteiger partial charge in [-0.2, -0.15) is 13.2 Å². The average molecular weight is 335 g/mol. The van der Waals surface area contributed by atoms with Crippen molar-refractivity contribution in [1.29, 1.82) is 0 Å². The normalized spacial score (nSPS) is 12.8. The third-order valence-electron chi connectivity index (χ3n) is 3.57. The minimum Gasteiger partial charge on any atom is -0.389 e. The van der Waals surface area contributed by atoms with Gasteiger partial charge in [0.1, 0.15) is 5.69 Å². The van der Waals surface area contributed by atoms with Gasteiger partial charge in [0.25, 0.3) is 0 Å². The van der Waals surface area contributed by atoms with Crippen molar-refractivity contribution in [2.75, 3.05) is 0 Å². The first-order valence-electron chi connectivity index (χ1n) is 7.34. The molecular weight excluding hydrogens is 319 g/mol. The number of aliphatic hydroxyl groups is 1. The molecule has 0 aliphatic carbocycles. The largest absolute Gasteiger partial charge is 0.433 e. The first-order chi connectivity index (χ1) is 11.1. The van der Waals surface area contributed by atoms with Gasteiger partial charge < -0.3 is 9.67 Å². The molecule has 0 atom stereocenters. The maximum atomic E-state index is 12.6. The van der Waals surface area contributed by atoms with Gasteiger partial charge in [-0.3, -0.25) is 4.98 Å². The van der Waals surface area contributed by atoms with Gasteiger partial charge in [0.05, 0.1) is 29.5 Å². The molecule has 3 aromatic rings. The second kappa shape index (κ2) is 5.59. The predicted molar refractivity (Wildman–Crippen MR) is 84.3 cm³/mol. The molecule has 1 aromatic carbocycles. The monoisotopic (exact) mass is 335 g/mol. The quantitative estimate of drug-likeness (QED) is 0.790. The van der Waals surface area contributed by atoms with Crippen LogP contribution in [0.4, 0.5) is 13.2 Å². The fraction of sp³-hybridized carbons (Fsp3) is 0.294. The van der Waals surface area contributed by atoms with Crippen LogP contribution in [0.1, 0.15) is 19.5 Å². The van der Waals surface area contributed by atoms with Crippen LogP contribution >= 0.6 is 0 Å². The molecule has 0 fully saturated rings. The molecule has 0 saturated heterocycles. The van der Waals surface area contributed by atoms with E-state index < -0.39 is 17.5 Å². The van der Waals surface area contributed by atoms with Crippen LogP contribution in [0.25, 0.3) is 22.2 Å². The van der Waals surface area contributed by atoms with Crippen molar-refractivity contribution in [3.05, 3.63) is 48.5 Å². The van der Waals surface area contributed by atoms with Gasteiger partial charge in [-0.1, -0.05) is 12.1 Å². The van der Waals surface area contributed by atoms with Crippen LogP contribution in [-0.2, 0) is 12.7 Å². The Morgan fingerprint density at radius 1 is 1.04 bits per heavy atom. The Morgan fingerprint density at radius 2 is 1.75 bits per heavy atom. The number of aromatic nitrogens is 3. The molecule has 0 unspecified atom stereocenters. The Balaban J connectivity index is 1.99. The van der Waals surface area contributed by atoms with E-state index in [0.717, 1.165) is 22.7 Å². The zero-order chi connectivity index (χ0) is 17.5. The highest BCUT2D eigenvalue weighted by molar-refractivity contribution is 5.82. The maximum Gasteiger partial charge on any atom is 0.433 e. The zero-order valence-corrected chi connectivity index (χ0v) is 13.2. The lowest BCUT2D eigenvalue weighted by Gasteiger charge is -2.18. The molecule has 0 aliphatic rings. The minimum absolute atomic E-state index is 0.359. The molecule has 24 heavy (non-hydrogen) atoms. The molecule has 3 rings (SSSR count). The van der Waals surface area contributed by atoms with E-state index in [0.29, 0.717) is 12.1 Å². The second-order valence-electron chi connectivity index (χ2n) is 6.32. The summed E-state index contributed by atoms with van der Waals surface area (Å²) in [4.78, 5) is 7.76. The second-order valence-corrected chi connectivity index (χ2v) is 6.32. The minimum atomic E-state index is -4.45. The Bertz CT molecular complexity index is 861. The molecular formula is C17H16F3N3O. The maximum absolute atomic E-state index is 12.6. The number of fused-ring (bicyclic) bond motifs is 1. The predicted octanol–water partition coefficient (Wildman–Crippen LogP) is 3.89. The molecule has 7 heteroatoms. The first-order valence-corrected chi connectivity index (χ1v) is 7.34. The molecule has 0 aliphatic heterocycles. The van der Waals surface area contributed by atoms with E-state index in [2.05, 4.69) is 9.97 Å². The lowest BCUT2D eigenvalue weighted by Crippen LogP contribution is -2.25. The van der Waals surface area contributed by atoms with Crippen LogP contribution < -0.4 is 0 Å². The van der Waals surface area contributed by atoms with Gasteiger partial charge in [-0.05, 0) is 37.6 Å². The Kier molecular flexibility index (Phi) is 3.83. The summed E-state index contributed by atoms with van der Waals surface area (Å²) in [6.07, 6.45) is -1.61. The van der Waals surface area contributed by atoms with Gasteiger partial charge in [-0.25, -0.2) is 4.98 Å². The fourth-order valence-corrected chi connectivity index (χ4v) is 2.51. The summed E-state index contributed by atoms with van der Waals surface area (Å²) in [5, 5.41) is 9.98. The third-order valence-corrected chi connectivity index (χ3v) is 3.57. The van der Waals surface area contributed by atoms with Crippen molar-refractivity contribution in [2.45, 2.75) is 32.2 Å². The van der Waals surface area contributed by atoms with Crippen LogP contribution in [0, 0.1) is 0 Å². The zero-order valence-electron chi connectivity index (χ0n) is 13.2. The number of rotatable bonds is 3.